The van der Waals surface area contributed by atoms with Crippen LogP contribution < -0.4 is 10.9 Å². The number of fused-ring (bicyclic) bond motifs is 1. The van der Waals surface area contributed by atoms with Gasteiger partial charge in [0.1, 0.15) is 17.0 Å². The molecule has 0 saturated heterocycles. The molecule has 1 aromatic carbocycles. The second-order valence-electron chi connectivity index (χ2n) is 5.42. The van der Waals surface area contributed by atoms with E-state index in [0.717, 1.165) is 12.8 Å². The van der Waals surface area contributed by atoms with Gasteiger partial charge in [-0.15, -0.1) is 0 Å². The minimum atomic E-state index is -0.516. The predicted molar refractivity (Wildman–Crippen MR) is 85.4 cm³/mol. The van der Waals surface area contributed by atoms with Crippen molar-refractivity contribution in [2.24, 2.45) is 0 Å². The number of aromatic amines is 1. The van der Waals surface area contributed by atoms with E-state index in [1.807, 2.05) is 6.26 Å². The molecule has 0 aliphatic heterocycles. The zero-order valence-electron chi connectivity index (χ0n) is 11.9. The van der Waals surface area contributed by atoms with Crippen LogP contribution in [0.15, 0.2) is 16.9 Å². The third-order valence-corrected chi connectivity index (χ3v) is 4.38. The van der Waals surface area contributed by atoms with Gasteiger partial charge in [0.25, 0.3) is 5.56 Å². The number of thioether (sulfide) groups is 1. The van der Waals surface area contributed by atoms with Crippen molar-refractivity contribution in [3.05, 3.63) is 34.1 Å². The third-order valence-electron chi connectivity index (χ3n) is 3.82. The SMILES string of the molecule is CSCc1nc2cc(NC3CCCC3)cc(F)c2c(=O)[nH]1. The number of H-pyrrole nitrogens is 1. The Kier molecular flexibility index (Phi) is 4.14. The third kappa shape index (κ3) is 3.05. The lowest BCUT2D eigenvalue weighted by Gasteiger charge is -2.14. The van der Waals surface area contributed by atoms with Gasteiger partial charge in [-0.05, 0) is 31.2 Å². The van der Waals surface area contributed by atoms with Crippen molar-refractivity contribution in [2.75, 3.05) is 11.6 Å². The summed E-state index contributed by atoms with van der Waals surface area (Å²) in [4.78, 5) is 19.0. The number of hydrogen-bond acceptors (Lipinski definition) is 4. The number of nitrogens with zero attached hydrogens (tertiary/aromatic N) is 1. The molecule has 0 radical (unpaired) electrons. The van der Waals surface area contributed by atoms with Crippen LogP contribution in [-0.4, -0.2) is 22.3 Å². The summed E-state index contributed by atoms with van der Waals surface area (Å²) < 4.78 is 14.2. The molecule has 0 unspecified atom stereocenters. The molecule has 6 heteroatoms. The summed E-state index contributed by atoms with van der Waals surface area (Å²) in [6.45, 7) is 0. The predicted octanol–water partition coefficient (Wildman–Crippen LogP) is 3.28. The lowest BCUT2D eigenvalue weighted by Crippen LogP contribution is -2.16. The van der Waals surface area contributed by atoms with E-state index in [9.17, 15) is 9.18 Å². The summed E-state index contributed by atoms with van der Waals surface area (Å²) in [5.41, 5.74) is 0.720. The standard InChI is InChI=1S/C15H18FN3OS/c1-21-8-13-18-12-7-10(17-9-4-2-3-5-9)6-11(16)14(12)15(20)19-13/h6-7,9,17H,2-5,8H2,1H3,(H,18,19,20). The molecule has 112 valence electrons. The van der Waals surface area contributed by atoms with Crippen LogP contribution in [0.25, 0.3) is 10.9 Å². The van der Waals surface area contributed by atoms with Gasteiger partial charge in [0, 0.05) is 11.7 Å². The van der Waals surface area contributed by atoms with Crippen LogP contribution in [0.1, 0.15) is 31.5 Å². The van der Waals surface area contributed by atoms with Crippen molar-refractivity contribution in [3.8, 4) is 0 Å². The van der Waals surface area contributed by atoms with Gasteiger partial charge >= 0.3 is 0 Å². The van der Waals surface area contributed by atoms with Crippen LogP contribution in [-0.2, 0) is 5.75 Å². The quantitative estimate of drug-likeness (QED) is 0.910. The summed E-state index contributed by atoms with van der Waals surface area (Å²) >= 11 is 1.56. The zero-order chi connectivity index (χ0) is 14.8. The van der Waals surface area contributed by atoms with Crippen molar-refractivity contribution >= 4 is 28.4 Å². The van der Waals surface area contributed by atoms with E-state index in [1.165, 1.54) is 18.9 Å². The van der Waals surface area contributed by atoms with Gasteiger partial charge in [0.15, 0.2) is 0 Å². The van der Waals surface area contributed by atoms with Gasteiger partial charge < -0.3 is 10.3 Å². The topological polar surface area (TPSA) is 57.8 Å². The van der Waals surface area contributed by atoms with E-state index in [2.05, 4.69) is 15.3 Å². The Labute approximate surface area is 126 Å². The van der Waals surface area contributed by atoms with E-state index in [0.29, 0.717) is 28.8 Å². The fourth-order valence-corrected chi connectivity index (χ4v) is 3.28. The Balaban J connectivity index is 2.01. The second kappa shape index (κ2) is 6.05. The Morgan fingerprint density at radius 1 is 1.43 bits per heavy atom. The largest absolute Gasteiger partial charge is 0.382 e. The minimum absolute atomic E-state index is 0.0387. The van der Waals surface area contributed by atoms with Crippen molar-refractivity contribution in [1.29, 1.82) is 0 Å². The van der Waals surface area contributed by atoms with E-state index in [4.69, 9.17) is 0 Å². The molecule has 1 aromatic heterocycles. The first-order valence-corrected chi connectivity index (χ1v) is 8.54. The van der Waals surface area contributed by atoms with Crippen molar-refractivity contribution < 1.29 is 4.39 Å². The van der Waals surface area contributed by atoms with Gasteiger partial charge in [0.05, 0.1) is 11.3 Å². The minimum Gasteiger partial charge on any atom is -0.382 e. The second-order valence-corrected chi connectivity index (χ2v) is 6.29. The molecule has 1 saturated carbocycles. The fraction of sp³-hybridized carbons (Fsp3) is 0.467. The number of benzene rings is 1. The van der Waals surface area contributed by atoms with Gasteiger partial charge in [0.2, 0.25) is 0 Å². The normalized spacial score (nSPS) is 15.7. The Morgan fingerprint density at radius 3 is 2.90 bits per heavy atom. The van der Waals surface area contributed by atoms with E-state index >= 15 is 0 Å². The average molecular weight is 307 g/mol. The van der Waals surface area contributed by atoms with Gasteiger partial charge in [-0.2, -0.15) is 11.8 Å². The van der Waals surface area contributed by atoms with Crippen LogP contribution >= 0.6 is 11.8 Å². The van der Waals surface area contributed by atoms with Crippen LogP contribution in [0.3, 0.4) is 0 Å². The molecular formula is C15H18FN3OS. The number of nitrogens with one attached hydrogen (secondary N) is 2. The van der Waals surface area contributed by atoms with Gasteiger partial charge in [-0.25, -0.2) is 9.37 Å². The zero-order valence-corrected chi connectivity index (χ0v) is 12.7. The first kappa shape index (κ1) is 14.4. The lowest BCUT2D eigenvalue weighted by atomic mass is 10.2. The first-order valence-electron chi connectivity index (χ1n) is 7.15. The number of aromatic nitrogens is 2. The maximum absolute atomic E-state index is 14.2. The van der Waals surface area contributed by atoms with Crippen LogP contribution in [0.2, 0.25) is 0 Å². The smallest absolute Gasteiger partial charge is 0.261 e. The molecule has 2 aromatic rings. The van der Waals surface area contributed by atoms with E-state index in [-0.39, 0.29) is 5.39 Å². The van der Waals surface area contributed by atoms with E-state index < -0.39 is 11.4 Å². The van der Waals surface area contributed by atoms with Crippen molar-refractivity contribution in [2.45, 2.75) is 37.5 Å². The highest BCUT2D eigenvalue weighted by atomic mass is 32.2. The molecule has 3 rings (SSSR count). The van der Waals surface area contributed by atoms with Crippen LogP contribution in [0.4, 0.5) is 10.1 Å². The maximum Gasteiger partial charge on any atom is 0.261 e. The summed E-state index contributed by atoms with van der Waals surface area (Å²) in [7, 11) is 0. The van der Waals surface area contributed by atoms with Crippen molar-refractivity contribution in [1.82, 2.24) is 9.97 Å². The van der Waals surface area contributed by atoms with Crippen molar-refractivity contribution in [3.63, 3.8) is 0 Å². The monoisotopic (exact) mass is 307 g/mol. The molecule has 1 fully saturated rings. The lowest BCUT2D eigenvalue weighted by molar-refractivity contribution is 0.637. The molecule has 4 nitrogen and oxygen atoms in total. The van der Waals surface area contributed by atoms with Gasteiger partial charge in [-0.1, -0.05) is 12.8 Å². The maximum atomic E-state index is 14.2. The average Bonchev–Trinajstić information content (AvgIpc) is 2.91. The molecule has 0 spiro atoms. The molecular weight excluding hydrogens is 289 g/mol. The Hall–Kier alpha value is -1.56. The first-order chi connectivity index (χ1) is 10.2. The fourth-order valence-electron chi connectivity index (χ4n) is 2.87. The summed E-state index contributed by atoms with van der Waals surface area (Å²) in [6.07, 6.45) is 6.58. The summed E-state index contributed by atoms with van der Waals surface area (Å²) in [5.74, 6) is 0.669. The highest BCUT2D eigenvalue weighted by molar-refractivity contribution is 7.97. The molecule has 21 heavy (non-hydrogen) atoms. The Bertz CT molecular complexity index is 710. The van der Waals surface area contributed by atoms with Gasteiger partial charge in [-0.3, -0.25) is 4.79 Å². The molecule has 1 aliphatic rings. The molecule has 0 bridgehead atoms. The van der Waals surface area contributed by atoms with Crippen LogP contribution in [0.5, 0.6) is 0 Å². The van der Waals surface area contributed by atoms with E-state index in [1.54, 1.807) is 17.8 Å². The highest BCUT2D eigenvalue weighted by Gasteiger charge is 2.16. The summed E-state index contributed by atoms with van der Waals surface area (Å²) in [5, 5.41) is 3.39. The number of anilines is 1. The van der Waals surface area contributed by atoms with Crippen LogP contribution in [0, 0.1) is 5.82 Å². The molecule has 0 atom stereocenters. The highest BCUT2D eigenvalue weighted by Crippen LogP contribution is 2.25. The number of rotatable bonds is 4. The Morgan fingerprint density at radius 2 is 2.19 bits per heavy atom. The molecule has 1 heterocycles. The number of halogens is 1. The molecule has 2 N–H and O–H groups in total. The molecule has 0 amide bonds. The molecule has 1 aliphatic carbocycles. The summed E-state index contributed by atoms with van der Waals surface area (Å²) in [6, 6.07) is 3.57. The number of hydrogen-bond donors (Lipinski definition) is 2.